The van der Waals surface area contributed by atoms with Gasteiger partial charge in [-0.1, -0.05) is 0 Å². The van der Waals surface area contributed by atoms with Crippen molar-refractivity contribution < 1.29 is 19.1 Å². The molecule has 1 aliphatic rings. The van der Waals surface area contributed by atoms with Crippen molar-refractivity contribution in [3.8, 4) is 5.75 Å². The molecule has 1 fully saturated rings. The van der Waals surface area contributed by atoms with Crippen LogP contribution in [0.4, 0.5) is 4.39 Å². The smallest absolute Gasteiger partial charge is 0.257 e. The topological polar surface area (TPSA) is 69.6 Å². The minimum atomic E-state index is -0.580. The second kappa shape index (κ2) is 5.90. The van der Waals surface area contributed by atoms with Gasteiger partial charge in [0.1, 0.15) is 11.6 Å². The molecular formula is C14H17FN2O3. The fourth-order valence-corrected chi connectivity index (χ4v) is 2.37. The molecule has 1 saturated heterocycles. The Morgan fingerprint density at radius 2 is 2.00 bits per heavy atom. The third kappa shape index (κ3) is 3.26. The lowest BCUT2D eigenvalue weighted by atomic mass is 10.0. The van der Waals surface area contributed by atoms with Gasteiger partial charge in [0.15, 0.2) is 0 Å². The van der Waals surface area contributed by atoms with E-state index < -0.39 is 5.82 Å². The molecule has 1 aliphatic heterocycles. The van der Waals surface area contributed by atoms with E-state index in [-0.39, 0.29) is 29.2 Å². The third-order valence-electron chi connectivity index (χ3n) is 3.38. The second-order valence-electron chi connectivity index (χ2n) is 4.93. The first kappa shape index (κ1) is 14.3. The summed E-state index contributed by atoms with van der Waals surface area (Å²) in [4.78, 5) is 24.8. The molecule has 1 aromatic carbocycles. The summed E-state index contributed by atoms with van der Waals surface area (Å²) in [6.45, 7) is 2.47. The highest BCUT2D eigenvalue weighted by molar-refractivity contribution is 5.96. The first-order valence-electron chi connectivity index (χ1n) is 6.52. The van der Waals surface area contributed by atoms with E-state index in [0.717, 1.165) is 12.1 Å². The molecule has 0 spiro atoms. The zero-order chi connectivity index (χ0) is 14.7. The number of aromatic hydroxyl groups is 1. The van der Waals surface area contributed by atoms with Crippen LogP contribution in [0.1, 0.15) is 30.1 Å². The van der Waals surface area contributed by atoms with Crippen molar-refractivity contribution in [2.75, 3.05) is 13.1 Å². The number of carbonyl (C=O) groups excluding carboxylic acids is 2. The van der Waals surface area contributed by atoms with Gasteiger partial charge in [-0.3, -0.25) is 9.59 Å². The van der Waals surface area contributed by atoms with Crippen LogP contribution in [0.3, 0.4) is 0 Å². The zero-order valence-electron chi connectivity index (χ0n) is 11.2. The number of phenols is 1. The number of rotatable bonds is 2. The molecule has 5 nitrogen and oxygen atoms in total. The third-order valence-corrected chi connectivity index (χ3v) is 3.38. The summed E-state index contributed by atoms with van der Waals surface area (Å²) in [5.41, 5.74) is 0.101. The molecule has 20 heavy (non-hydrogen) atoms. The predicted octanol–water partition coefficient (Wildman–Crippen LogP) is 1.27. The second-order valence-corrected chi connectivity index (χ2v) is 4.93. The molecule has 0 aliphatic carbocycles. The van der Waals surface area contributed by atoms with Gasteiger partial charge in [0.2, 0.25) is 5.91 Å². The van der Waals surface area contributed by atoms with Gasteiger partial charge in [0.05, 0.1) is 5.56 Å². The van der Waals surface area contributed by atoms with Crippen molar-refractivity contribution in [1.29, 1.82) is 0 Å². The minimum absolute atomic E-state index is 0.0778. The van der Waals surface area contributed by atoms with Crippen LogP contribution in [-0.2, 0) is 4.79 Å². The van der Waals surface area contributed by atoms with E-state index in [1.54, 1.807) is 4.90 Å². The van der Waals surface area contributed by atoms with E-state index in [4.69, 9.17) is 0 Å². The van der Waals surface area contributed by atoms with Crippen LogP contribution < -0.4 is 5.32 Å². The summed E-state index contributed by atoms with van der Waals surface area (Å²) >= 11 is 0. The van der Waals surface area contributed by atoms with Gasteiger partial charge in [0, 0.05) is 32.1 Å². The van der Waals surface area contributed by atoms with Crippen LogP contribution in [-0.4, -0.2) is 41.0 Å². The average molecular weight is 280 g/mol. The Labute approximate surface area is 116 Å². The van der Waals surface area contributed by atoms with Gasteiger partial charge in [-0.2, -0.15) is 0 Å². The fourth-order valence-electron chi connectivity index (χ4n) is 2.37. The van der Waals surface area contributed by atoms with Crippen LogP contribution in [0.15, 0.2) is 18.2 Å². The number of amides is 2. The lowest BCUT2D eigenvalue weighted by Gasteiger charge is -2.32. The van der Waals surface area contributed by atoms with E-state index in [1.165, 1.54) is 13.0 Å². The van der Waals surface area contributed by atoms with Crippen LogP contribution in [0.2, 0.25) is 0 Å². The Morgan fingerprint density at radius 3 is 2.55 bits per heavy atom. The molecule has 2 rings (SSSR count). The summed E-state index contributed by atoms with van der Waals surface area (Å²) in [7, 11) is 0. The Morgan fingerprint density at radius 1 is 1.35 bits per heavy atom. The molecule has 2 N–H and O–H groups in total. The Bertz CT molecular complexity index is 525. The minimum Gasteiger partial charge on any atom is -0.507 e. The molecule has 0 unspecified atom stereocenters. The zero-order valence-corrected chi connectivity index (χ0v) is 11.2. The Hall–Kier alpha value is -2.11. The molecule has 0 aromatic heterocycles. The molecule has 1 heterocycles. The molecule has 0 bridgehead atoms. The summed E-state index contributed by atoms with van der Waals surface area (Å²) < 4.78 is 12.9. The number of nitrogens with one attached hydrogen (secondary N) is 1. The number of phenolic OH excluding ortho intramolecular Hbond substituents is 1. The molecule has 0 radical (unpaired) electrons. The number of hydrogen-bond acceptors (Lipinski definition) is 3. The van der Waals surface area contributed by atoms with Crippen LogP contribution in [0, 0.1) is 5.82 Å². The molecule has 108 valence electrons. The van der Waals surface area contributed by atoms with Gasteiger partial charge in [-0.15, -0.1) is 0 Å². The number of benzene rings is 1. The monoisotopic (exact) mass is 280 g/mol. The molecule has 1 aromatic rings. The summed E-state index contributed by atoms with van der Waals surface area (Å²) in [6.07, 6.45) is 1.35. The lowest BCUT2D eigenvalue weighted by molar-refractivity contribution is -0.119. The Balaban J connectivity index is 1.99. The first-order chi connectivity index (χ1) is 9.47. The lowest BCUT2D eigenvalue weighted by Crippen LogP contribution is -2.46. The van der Waals surface area contributed by atoms with Crippen LogP contribution >= 0.6 is 0 Å². The van der Waals surface area contributed by atoms with Crippen molar-refractivity contribution >= 4 is 11.8 Å². The standard InChI is InChI=1S/C14H17FN2O3/c1-9(18)16-11-4-6-17(7-5-11)14(20)12-3-2-10(15)8-13(12)19/h2-3,8,11,19H,4-7H2,1H3,(H,16,18). The van der Waals surface area contributed by atoms with E-state index in [1.807, 2.05) is 0 Å². The number of halogens is 1. The molecule has 0 atom stereocenters. The SMILES string of the molecule is CC(=O)NC1CCN(C(=O)c2ccc(F)cc2O)CC1. The summed E-state index contributed by atoms with van der Waals surface area (Å²) in [5, 5.41) is 12.4. The number of piperidine rings is 1. The van der Waals surface area contributed by atoms with Crippen molar-refractivity contribution in [3.63, 3.8) is 0 Å². The maximum Gasteiger partial charge on any atom is 0.257 e. The quantitative estimate of drug-likeness (QED) is 0.857. The van der Waals surface area contributed by atoms with Crippen molar-refractivity contribution in [1.82, 2.24) is 10.2 Å². The largest absolute Gasteiger partial charge is 0.507 e. The molecular weight excluding hydrogens is 263 g/mol. The van der Waals surface area contributed by atoms with E-state index in [9.17, 15) is 19.1 Å². The van der Waals surface area contributed by atoms with Gasteiger partial charge in [-0.05, 0) is 25.0 Å². The number of likely N-dealkylation sites (tertiary alicyclic amines) is 1. The maximum atomic E-state index is 12.9. The van der Waals surface area contributed by atoms with E-state index in [0.29, 0.717) is 25.9 Å². The highest BCUT2D eigenvalue weighted by atomic mass is 19.1. The normalized spacial score (nSPS) is 16.0. The van der Waals surface area contributed by atoms with Gasteiger partial charge in [0.25, 0.3) is 5.91 Å². The highest BCUT2D eigenvalue weighted by Crippen LogP contribution is 2.22. The van der Waals surface area contributed by atoms with E-state index in [2.05, 4.69) is 5.32 Å². The predicted molar refractivity (Wildman–Crippen MR) is 70.8 cm³/mol. The molecule has 0 saturated carbocycles. The number of carbonyl (C=O) groups is 2. The Kier molecular flexibility index (Phi) is 4.22. The first-order valence-corrected chi connectivity index (χ1v) is 6.52. The maximum absolute atomic E-state index is 12.9. The molecule has 6 heteroatoms. The van der Waals surface area contributed by atoms with Gasteiger partial charge in [-0.25, -0.2) is 4.39 Å². The number of hydrogen-bond donors (Lipinski definition) is 2. The highest BCUT2D eigenvalue weighted by Gasteiger charge is 2.25. The average Bonchev–Trinajstić information content (AvgIpc) is 2.38. The summed E-state index contributed by atoms with van der Waals surface area (Å²) in [6, 6.07) is 3.44. The number of nitrogens with zero attached hydrogens (tertiary/aromatic N) is 1. The summed E-state index contributed by atoms with van der Waals surface area (Å²) in [5.74, 6) is -1.32. The van der Waals surface area contributed by atoms with Gasteiger partial charge < -0.3 is 15.3 Å². The van der Waals surface area contributed by atoms with Crippen molar-refractivity contribution in [2.24, 2.45) is 0 Å². The van der Waals surface area contributed by atoms with Crippen molar-refractivity contribution in [3.05, 3.63) is 29.6 Å². The van der Waals surface area contributed by atoms with Crippen molar-refractivity contribution in [2.45, 2.75) is 25.8 Å². The van der Waals surface area contributed by atoms with Crippen LogP contribution in [0.5, 0.6) is 5.75 Å². The molecule has 2 amide bonds. The van der Waals surface area contributed by atoms with Gasteiger partial charge >= 0.3 is 0 Å². The van der Waals surface area contributed by atoms with E-state index >= 15 is 0 Å². The fraction of sp³-hybridized carbons (Fsp3) is 0.429. The van der Waals surface area contributed by atoms with Crippen LogP contribution in [0.25, 0.3) is 0 Å².